The summed E-state index contributed by atoms with van der Waals surface area (Å²) in [5, 5.41) is 2.75. The van der Waals surface area contributed by atoms with Gasteiger partial charge in [0.2, 0.25) is 20.0 Å². The molecule has 186 valence electrons. The number of anilines is 1. The molecule has 1 amide bonds. The van der Waals surface area contributed by atoms with Crippen molar-refractivity contribution >= 4 is 31.6 Å². The second kappa shape index (κ2) is 11.2. The molecule has 1 N–H and O–H groups in total. The van der Waals surface area contributed by atoms with Crippen LogP contribution in [0.2, 0.25) is 0 Å². The molecule has 0 unspecified atom stereocenters. The van der Waals surface area contributed by atoms with Crippen molar-refractivity contribution in [3.8, 4) is 5.75 Å². The lowest BCUT2D eigenvalue weighted by atomic mass is 10.2. The first-order valence-corrected chi connectivity index (χ1v) is 14.4. The summed E-state index contributed by atoms with van der Waals surface area (Å²) >= 11 is 0. The minimum atomic E-state index is -3.46. The van der Waals surface area contributed by atoms with Gasteiger partial charge in [-0.05, 0) is 75.2 Å². The number of benzene rings is 2. The van der Waals surface area contributed by atoms with Gasteiger partial charge >= 0.3 is 0 Å². The number of carbonyl (C=O) groups excluding carboxylic acids is 1. The predicted molar refractivity (Wildman–Crippen MR) is 131 cm³/mol. The Morgan fingerprint density at radius 1 is 0.971 bits per heavy atom. The van der Waals surface area contributed by atoms with E-state index >= 15 is 0 Å². The summed E-state index contributed by atoms with van der Waals surface area (Å²) in [5.74, 6) is 0.208. The van der Waals surface area contributed by atoms with Crippen LogP contribution < -0.4 is 14.4 Å². The van der Waals surface area contributed by atoms with Gasteiger partial charge in [-0.2, -0.15) is 4.31 Å². The number of nitrogens with zero attached hydrogens (tertiary/aromatic N) is 2. The van der Waals surface area contributed by atoms with Crippen molar-refractivity contribution in [3.63, 3.8) is 0 Å². The van der Waals surface area contributed by atoms with E-state index in [1.54, 1.807) is 50.2 Å². The van der Waals surface area contributed by atoms with Gasteiger partial charge < -0.3 is 10.1 Å². The van der Waals surface area contributed by atoms with E-state index in [0.29, 0.717) is 36.6 Å². The zero-order valence-corrected chi connectivity index (χ0v) is 21.1. The van der Waals surface area contributed by atoms with Gasteiger partial charge in [0, 0.05) is 25.2 Å². The van der Waals surface area contributed by atoms with Gasteiger partial charge in [0.15, 0.2) is 0 Å². The molecule has 11 heteroatoms. The lowest BCUT2D eigenvalue weighted by Crippen LogP contribution is -2.32. The zero-order valence-electron chi connectivity index (χ0n) is 19.4. The number of ether oxygens (including phenoxy) is 1. The molecule has 1 fully saturated rings. The highest BCUT2D eigenvalue weighted by Crippen LogP contribution is 2.23. The fourth-order valence-corrected chi connectivity index (χ4v) is 6.36. The third-order valence-corrected chi connectivity index (χ3v) is 9.37. The number of rotatable bonds is 11. The number of hydrogen-bond acceptors (Lipinski definition) is 6. The van der Waals surface area contributed by atoms with Gasteiger partial charge in [0.1, 0.15) is 12.4 Å². The second-order valence-electron chi connectivity index (χ2n) is 7.80. The van der Waals surface area contributed by atoms with Crippen LogP contribution in [0.15, 0.2) is 53.4 Å². The van der Waals surface area contributed by atoms with Crippen LogP contribution in [0.4, 0.5) is 5.69 Å². The van der Waals surface area contributed by atoms with Gasteiger partial charge in [-0.25, -0.2) is 16.8 Å². The van der Waals surface area contributed by atoms with Crippen LogP contribution >= 0.6 is 0 Å². The van der Waals surface area contributed by atoms with E-state index in [1.807, 2.05) is 0 Å². The molecule has 2 aromatic rings. The Bertz CT molecular complexity index is 1170. The molecule has 2 aromatic carbocycles. The average molecular weight is 510 g/mol. The van der Waals surface area contributed by atoms with Crippen LogP contribution in [0.25, 0.3) is 0 Å². The van der Waals surface area contributed by atoms with Gasteiger partial charge in [-0.3, -0.25) is 9.10 Å². The summed E-state index contributed by atoms with van der Waals surface area (Å²) < 4.78 is 57.9. The molecular formula is C23H31N3O6S2. The zero-order chi connectivity index (χ0) is 24.8. The van der Waals surface area contributed by atoms with Gasteiger partial charge in [-0.15, -0.1) is 0 Å². The van der Waals surface area contributed by atoms with Gasteiger partial charge in [0.25, 0.3) is 5.91 Å². The molecule has 1 aliphatic heterocycles. The molecule has 34 heavy (non-hydrogen) atoms. The summed E-state index contributed by atoms with van der Waals surface area (Å²) in [4.78, 5) is 12.6. The van der Waals surface area contributed by atoms with Crippen molar-refractivity contribution in [2.75, 3.05) is 42.8 Å². The van der Waals surface area contributed by atoms with E-state index in [4.69, 9.17) is 4.74 Å². The smallest absolute Gasteiger partial charge is 0.251 e. The summed E-state index contributed by atoms with van der Waals surface area (Å²) in [6.45, 7) is 5.22. The van der Waals surface area contributed by atoms with Gasteiger partial charge in [0.05, 0.1) is 22.9 Å². The molecule has 1 heterocycles. The quantitative estimate of drug-likeness (QED) is 0.466. The first kappa shape index (κ1) is 26.0. The van der Waals surface area contributed by atoms with E-state index in [1.165, 1.54) is 20.7 Å². The van der Waals surface area contributed by atoms with Crippen molar-refractivity contribution in [1.82, 2.24) is 9.62 Å². The van der Waals surface area contributed by atoms with Crippen molar-refractivity contribution in [2.45, 2.75) is 31.6 Å². The highest BCUT2D eigenvalue weighted by Gasteiger charge is 2.27. The van der Waals surface area contributed by atoms with Crippen LogP contribution in [0, 0.1) is 0 Å². The van der Waals surface area contributed by atoms with E-state index in [9.17, 15) is 21.6 Å². The Labute approximate surface area is 201 Å². The lowest BCUT2D eigenvalue weighted by Gasteiger charge is -2.22. The van der Waals surface area contributed by atoms with E-state index < -0.39 is 20.0 Å². The molecule has 0 aliphatic carbocycles. The predicted octanol–water partition coefficient (Wildman–Crippen LogP) is 2.46. The third kappa shape index (κ3) is 6.08. The normalized spacial score (nSPS) is 14.6. The first-order chi connectivity index (χ1) is 16.2. The minimum absolute atomic E-state index is 0.0000607. The molecule has 1 aliphatic rings. The Kier molecular flexibility index (Phi) is 8.56. The van der Waals surface area contributed by atoms with Crippen molar-refractivity contribution in [3.05, 3.63) is 54.1 Å². The summed E-state index contributed by atoms with van der Waals surface area (Å²) in [5.41, 5.74) is 0.921. The third-order valence-electron chi connectivity index (χ3n) is 5.59. The van der Waals surface area contributed by atoms with E-state index in [0.717, 1.165) is 12.8 Å². The molecule has 0 radical (unpaired) electrons. The average Bonchev–Trinajstić information content (AvgIpc) is 3.39. The number of carbonyl (C=O) groups is 1. The van der Waals surface area contributed by atoms with E-state index in [2.05, 4.69) is 5.32 Å². The lowest BCUT2D eigenvalue weighted by molar-refractivity contribution is 0.0947. The second-order valence-corrected chi connectivity index (χ2v) is 11.9. The Morgan fingerprint density at radius 3 is 2.15 bits per heavy atom. The molecule has 0 aromatic heterocycles. The van der Waals surface area contributed by atoms with Crippen LogP contribution in [0.5, 0.6) is 5.75 Å². The topological polar surface area (TPSA) is 113 Å². The monoisotopic (exact) mass is 509 g/mol. The molecule has 3 rings (SSSR count). The van der Waals surface area contributed by atoms with Crippen LogP contribution in [0.1, 0.15) is 37.0 Å². The van der Waals surface area contributed by atoms with Crippen LogP contribution in [0.3, 0.4) is 0 Å². The number of amides is 1. The SMILES string of the molecule is CCN(c1ccc(C(=O)NCCOc2ccc(S(=O)(=O)N3CCCC3)cc2)cc1)S(=O)(=O)CC. The maximum Gasteiger partial charge on any atom is 0.251 e. The number of sulfonamides is 2. The largest absolute Gasteiger partial charge is 0.492 e. The van der Waals surface area contributed by atoms with Crippen molar-refractivity contribution in [1.29, 1.82) is 0 Å². The Balaban J connectivity index is 1.49. The van der Waals surface area contributed by atoms with Crippen molar-refractivity contribution < 1.29 is 26.4 Å². The summed E-state index contributed by atoms with van der Waals surface area (Å²) in [6.07, 6.45) is 1.77. The maximum absolute atomic E-state index is 12.6. The van der Waals surface area contributed by atoms with Crippen molar-refractivity contribution in [2.24, 2.45) is 0 Å². The van der Waals surface area contributed by atoms with E-state index in [-0.39, 0.29) is 29.7 Å². The first-order valence-electron chi connectivity index (χ1n) is 11.3. The fourth-order valence-electron chi connectivity index (χ4n) is 3.70. The van der Waals surface area contributed by atoms with Crippen LogP contribution in [-0.2, 0) is 20.0 Å². The molecule has 0 atom stereocenters. The van der Waals surface area contributed by atoms with Gasteiger partial charge in [-0.1, -0.05) is 0 Å². The molecule has 0 saturated carbocycles. The Morgan fingerprint density at radius 2 is 1.59 bits per heavy atom. The molecule has 0 spiro atoms. The standard InChI is InChI=1S/C23H31N3O6S2/c1-3-26(33(28,29)4-2)20-9-7-19(8-10-20)23(27)24-15-18-32-21-11-13-22(14-12-21)34(30,31)25-16-5-6-17-25/h7-14H,3-6,15-18H2,1-2H3,(H,24,27). The van der Waals surface area contributed by atoms with Crippen LogP contribution in [-0.4, -0.2) is 65.6 Å². The minimum Gasteiger partial charge on any atom is -0.492 e. The molecule has 9 nitrogen and oxygen atoms in total. The highest BCUT2D eigenvalue weighted by atomic mass is 32.2. The maximum atomic E-state index is 12.6. The molecular weight excluding hydrogens is 478 g/mol. The molecule has 1 saturated heterocycles. The fraction of sp³-hybridized carbons (Fsp3) is 0.435. The summed E-state index contributed by atoms with van der Waals surface area (Å²) in [6, 6.07) is 12.7. The number of nitrogens with one attached hydrogen (secondary N) is 1. The summed E-state index contributed by atoms with van der Waals surface area (Å²) in [7, 11) is -6.83. The Hall–Kier alpha value is -2.63. The number of hydrogen-bond donors (Lipinski definition) is 1. The highest BCUT2D eigenvalue weighted by molar-refractivity contribution is 7.92. The molecule has 0 bridgehead atoms.